The van der Waals surface area contributed by atoms with Crippen LogP contribution in [0.3, 0.4) is 0 Å². The summed E-state index contributed by atoms with van der Waals surface area (Å²) in [5.74, 6) is 0.646. The van der Waals surface area contributed by atoms with Crippen molar-refractivity contribution in [2.75, 3.05) is 19.6 Å². The predicted molar refractivity (Wildman–Crippen MR) is 83.8 cm³/mol. The number of aromatic nitrogens is 2. The number of pyridine rings is 1. The van der Waals surface area contributed by atoms with Gasteiger partial charge in [0, 0.05) is 44.5 Å². The summed E-state index contributed by atoms with van der Waals surface area (Å²) in [5, 5.41) is 3.66. The van der Waals surface area contributed by atoms with Crippen molar-refractivity contribution >= 4 is 11.8 Å². The number of aryl methyl sites for hydroxylation is 1. The summed E-state index contributed by atoms with van der Waals surface area (Å²) < 4.78 is 4.97. The number of hydrogen-bond donors (Lipinski definition) is 0. The Balaban J connectivity index is 1.43. The van der Waals surface area contributed by atoms with Gasteiger partial charge >= 0.3 is 0 Å². The molecule has 2 atom stereocenters. The number of fused-ring (bicyclic) bond motifs is 1. The average Bonchev–Trinajstić information content (AvgIpc) is 3.26. The van der Waals surface area contributed by atoms with Crippen LogP contribution in [0.5, 0.6) is 0 Å². The summed E-state index contributed by atoms with van der Waals surface area (Å²) in [6.07, 6.45) is 4.92. The monoisotopic (exact) mass is 326 g/mol. The van der Waals surface area contributed by atoms with E-state index in [2.05, 4.69) is 10.1 Å². The number of rotatable bonds is 3. The van der Waals surface area contributed by atoms with E-state index in [4.69, 9.17) is 4.52 Å². The van der Waals surface area contributed by atoms with E-state index in [1.54, 1.807) is 24.2 Å². The minimum absolute atomic E-state index is 0.100. The van der Waals surface area contributed by atoms with Gasteiger partial charge in [0.1, 0.15) is 11.3 Å². The quantitative estimate of drug-likeness (QED) is 0.844. The van der Waals surface area contributed by atoms with Gasteiger partial charge in [-0.25, -0.2) is 0 Å². The van der Waals surface area contributed by atoms with Gasteiger partial charge < -0.3 is 14.3 Å². The first-order chi connectivity index (χ1) is 11.6. The van der Waals surface area contributed by atoms with Gasteiger partial charge in [0.2, 0.25) is 5.91 Å². The Morgan fingerprint density at radius 3 is 2.75 bits per heavy atom. The van der Waals surface area contributed by atoms with Crippen LogP contribution in [0.25, 0.3) is 0 Å². The molecule has 7 nitrogen and oxygen atoms in total. The Hall–Kier alpha value is -2.70. The maximum Gasteiger partial charge on any atom is 0.259 e. The van der Waals surface area contributed by atoms with Crippen molar-refractivity contribution in [1.82, 2.24) is 19.9 Å². The fraction of sp³-hybridized carbons (Fsp3) is 0.412. The largest absolute Gasteiger partial charge is 0.361 e. The number of nitrogens with zero attached hydrogens (tertiary/aromatic N) is 4. The third-order valence-electron chi connectivity index (χ3n) is 4.92. The Morgan fingerprint density at radius 1 is 1.29 bits per heavy atom. The van der Waals surface area contributed by atoms with Crippen LogP contribution in [-0.4, -0.2) is 51.4 Å². The summed E-state index contributed by atoms with van der Waals surface area (Å²) in [4.78, 5) is 32.8. The van der Waals surface area contributed by atoms with Gasteiger partial charge in [0.15, 0.2) is 0 Å². The number of carbonyl (C=O) groups is 2. The van der Waals surface area contributed by atoms with Crippen molar-refractivity contribution in [2.24, 2.45) is 11.8 Å². The van der Waals surface area contributed by atoms with Crippen molar-refractivity contribution in [3.05, 3.63) is 47.6 Å². The first-order valence-electron chi connectivity index (χ1n) is 8.01. The topological polar surface area (TPSA) is 79.5 Å². The van der Waals surface area contributed by atoms with Crippen molar-refractivity contribution in [1.29, 1.82) is 0 Å². The molecule has 0 aliphatic carbocycles. The predicted octanol–water partition coefficient (Wildman–Crippen LogP) is 1.11. The molecule has 7 heteroatoms. The van der Waals surface area contributed by atoms with E-state index in [9.17, 15) is 9.59 Å². The van der Waals surface area contributed by atoms with Gasteiger partial charge in [-0.05, 0) is 24.6 Å². The molecule has 2 aliphatic heterocycles. The van der Waals surface area contributed by atoms with E-state index in [1.807, 2.05) is 17.0 Å². The molecule has 2 aromatic heterocycles. The maximum atomic E-state index is 12.7. The number of amides is 2. The highest BCUT2D eigenvalue weighted by atomic mass is 16.5. The molecule has 4 heterocycles. The highest BCUT2D eigenvalue weighted by molar-refractivity contribution is 5.95. The molecule has 124 valence electrons. The lowest BCUT2D eigenvalue weighted by molar-refractivity contribution is -0.131. The fourth-order valence-corrected chi connectivity index (χ4v) is 3.63. The van der Waals surface area contributed by atoms with Gasteiger partial charge in [0.25, 0.3) is 5.91 Å². The number of carbonyl (C=O) groups excluding carboxylic acids is 2. The van der Waals surface area contributed by atoms with E-state index in [0.29, 0.717) is 37.5 Å². The van der Waals surface area contributed by atoms with Gasteiger partial charge in [-0.15, -0.1) is 0 Å². The molecule has 2 aromatic rings. The van der Waals surface area contributed by atoms with E-state index in [-0.39, 0.29) is 23.7 Å². The normalized spacial score (nSPS) is 23.0. The summed E-state index contributed by atoms with van der Waals surface area (Å²) in [5.41, 5.74) is 1.56. The zero-order valence-corrected chi connectivity index (χ0v) is 13.4. The second kappa shape index (κ2) is 5.74. The van der Waals surface area contributed by atoms with E-state index < -0.39 is 0 Å². The van der Waals surface area contributed by atoms with E-state index >= 15 is 0 Å². The molecule has 2 saturated heterocycles. The van der Waals surface area contributed by atoms with Crippen molar-refractivity contribution in [2.45, 2.75) is 13.5 Å². The smallest absolute Gasteiger partial charge is 0.259 e. The Morgan fingerprint density at radius 2 is 2.08 bits per heavy atom. The Labute approximate surface area is 139 Å². The molecular formula is C17H18N4O3. The lowest BCUT2D eigenvalue weighted by atomic mass is 10.0. The third kappa shape index (κ3) is 2.46. The minimum atomic E-state index is -0.101. The average molecular weight is 326 g/mol. The molecule has 0 radical (unpaired) electrons. The van der Waals surface area contributed by atoms with Crippen LogP contribution >= 0.6 is 0 Å². The van der Waals surface area contributed by atoms with Gasteiger partial charge in [-0.2, -0.15) is 0 Å². The highest BCUT2D eigenvalue weighted by Crippen LogP contribution is 2.34. The lowest BCUT2D eigenvalue weighted by Gasteiger charge is -2.21. The van der Waals surface area contributed by atoms with E-state index in [1.165, 1.54) is 6.20 Å². The molecule has 0 saturated carbocycles. The standard InChI is InChI=1S/C17H18N4O3/c1-11-14(6-19-24-11)16(22)21-9-13-8-20(17(23)15(13)10-21)7-12-2-4-18-5-3-12/h2-6,13,15H,7-10H2,1H3/t13-,15+/m0/s1. The lowest BCUT2D eigenvalue weighted by Crippen LogP contribution is -2.35. The molecule has 0 unspecified atom stereocenters. The number of likely N-dealkylation sites (tertiary alicyclic amines) is 2. The molecule has 2 aliphatic rings. The summed E-state index contributed by atoms with van der Waals surface area (Å²) in [7, 11) is 0. The number of hydrogen-bond acceptors (Lipinski definition) is 5. The van der Waals surface area contributed by atoms with Crippen LogP contribution in [0.4, 0.5) is 0 Å². The van der Waals surface area contributed by atoms with Crippen LogP contribution in [0.15, 0.2) is 35.2 Å². The van der Waals surface area contributed by atoms with Crippen LogP contribution in [0, 0.1) is 18.8 Å². The molecule has 24 heavy (non-hydrogen) atoms. The van der Waals surface area contributed by atoms with Crippen molar-refractivity contribution in [3.63, 3.8) is 0 Å². The highest BCUT2D eigenvalue weighted by Gasteiger charge is 2.47. The van der Waals surface area contributed by atoms with Crippen LogP contribution in [0.1, 0.15) is 21.7 Å². The van der Waals surface area contributed by atoms with Crippen molar-refractivity contribution in [3.8, 4) is 0 Å². The maximum absolute atomic E-state index is 12.7. The third-order valence-corrected chi connectivity index (χ3v) is 4.92. The van der Waals surface area contributed by atoms with Crippen LogP contribution < -0.4 is 0 Å². The second-order valence-electron chi connectivity index (χ2n) is 6.45. The summed E-state index contributed by atoms with van der Waals surface area (Å²) >= 11 is 0. The second-order valence-corrected chi connectivity index (χ2v) is 6.45. The molecule has 2 amide bonds. The molecule has 2 fully saturated rings. The van der Waals surface area contributed by atoms with Crippen LogP contribution in [0.2, 0.25) is 0 Å². The molecule has 4 rings (SSSR count). The zero-order valence-electron chi connectivity index (χ0n) is 13.4. The van der Waals surface area contributed by atoms with E-state index in [0.717, 1.165) is 5.56 Å². The molecule has 0 aromatic carbocycles. The van der Waals surface area contributed by atoms with Gasteiger partial charge in [-0.3, -0.25) is 14.6 Å². The minimum Gasteiger partial charge on any atom is -0.361 e. The van der Waals surface area contributed by atoms with Gasteiger partial charge in [0.05, 0.1) is 12.1 Å². The Bertz CT molecular complexity index is 773. The molecule has 0 spiro atoms. The zero-order chi connectivity index (χ0) is 16.7. The van der Waals surface area contributed by atoms with Gasteiger partial charge in [-0.1, -0.05) is 5.16 Å². The van der Waals surface area contributed by atoms with Crippen LogP contribution in [-0.2, 0) is 11.3 Å². The van der Waals surface area contributed by atoms with Crippen molar-refractivity contribution < 1.29 is 14.1 Å². The first-order valence-corrected chi connectivity index (χ1v) is 8.01. The summed E-state index contributed by atoms with van der Waals surface area (Å²) in [6, 6.07) is 3.85. The SMILES string of the molecule is Cc1oncc1C(=O)N1C[C@@H]2CN(Cc3ccncc3)C(=O)[C@@H]2C1. The first kappa shape index (κ1) is 14.9. The molecule has 0 bridgehead atoms. The Kier molecular flexibility index (Phi) is 3.55. The summed E-state index contributed by atoms with van der Waals surface area (Å²) in [6.45, 7) is 4.09. The fourth-order valence-electron chi connectivity index (χ4n) is 3.63. The molecule has 0 N–H and O–H groups in total. The molecular weight excluding hydrogens is 308 g/mol.